The van der Waals surface area contributed by atoms with Gasteiger partial charge >= 0.3 is 23.9 Å². The summed E-state index contributed by atoms with van der Waals surface area (Å²) < 4.78 is 87.5. The van der Waals surface area contributed by atoms with Gasteiger partial charge in [0.15, 0.2) is 29.6 Å². The third-order valence-electron chi connectivity index (χ3n) is 4.94. The molecule has 1 amide bonds. The standard InChI is InChI=1S/C22H23F4NO11/c1-7(28)34-6-11-18(35-8(2)29)17(20(36-9(3)30)22(38-11)37-10(4)31)27-21(32)12-13(23)15(25)19(33-5)16(26)14(12)24/h11,17-18,20,22H,6H2,1-5H3,(H,27,32)/t11?,17?,18-,20?,22+/m0/s1. The Balaban J connectivity index is 2.64. The van der Waals surface area contributed by atoms with Crippen LogP contribution in [0.2, 0.25) is 0 Å². The van der Waals surface area contributed by atoms with Crippen LogP contribution in [0, 0.1) is 23.3 Å². The van der Waals surface area contributed by atoms with Crippen molar-refractivity contribution in [2.24, 2.45) is 0 Å². The summed E-state index contributed by atoms with van der Waals surface area (Å²) in [4.78, 5) is 59.6. The van der Waals surface area contributed by atoms with E-state index in [9.17, 15) is 41.5 Å². The Kier molecular flexibility index (Phi) is 9.98. The number of esters is 4. The van der Waals surface area contributed by atoms with Crippen LogP contribution in [0.15, 0.2) is 0 Å². The monoisotopic (exact) mass is 553 g/mol. The van der Waals surface area contributed by atoms with E-state index in [0.29, 0.717) is 0 Å². The second-order valence-corrected chi connectivity index (χ2v) is 7.77. The molecule has 0 bridgehead atoms. The van der Waals surface area contributed by atoms with E-state index in [1.165, 1.54) is 0 Å². The maximum absolute atomic E-state index is 14.6. The molecule has 1 aromatic carbocycles. The van der Waals surface area contributed by atoms with Gasteiger partial charge in [0.1, 0.15) is 24.3 Å². The number of hydrogen-bond donors (Lipinski definition) is 1. The number of amides is 1. The van der Waals surface area contributed by atoms with E-state index < -0.39 is 102 Å². The largest absolute Gasteiger partial charge is 0.491 e. The number of rotatable bonds is 8. The average molecular weight is 553 g/mol. The van der Waals surface area contributed by atoms with E-state index in [-0.39, 0.29) is 0 Å². The lowest BCUT2D eigenvalue weighted by molar-refractivity contribution is -0.277. The van der Waals surface area contributed by atoms with Crippen molar-refractivity contribution in [1.82, 2.24) is 5.32 Å². The van der Waals surface area contributed by atoms with Gasteiger partial charge in [0, 0.05) is 27.7 Å². The zero-order chi connectivity index (χ0) is 28.9. The quantitative estimate of drug-likeness (QED) is 0.213. The molecule has 0 spiro atoms. The summed E-state index contributed by atoms with van der Waals surface area (Å²) in [6.07, 6.45) is -6.90. The molecule has 1 fully saturated rings. The van der Waals surface area contributed by atoms with Crippen molar-refractivity contribution in [2.75, 3.05) is 13.7 Å². The Labute approximate surface area is 212 Å². The summed E-state index contributed by atoms with van der Waals surface area (Å²) >= 11 is 0. The lowest BCUT2D eigenvalue weighted by Gasteiger charge is -2.44. The van der Waals surface area contributed by atoms with Crippen LogP contribution >= 0.6 is 0 Å². The molecule has 5 atom stereocenters. The number of halogens is 4. The molecule has 1 aromatic rings. The van der Waals surface area contributed by atoms with Crippen molar-refractivity contribution in [1.29, 1.82) is 0 Å². The Bertz CT molecular complexity index is 1100. The molecule has 1 saturated heterocycles. The number of methoxy groups -OCH3 is 1. The van der Waals surface area contributed by atoms with E-state index in [2.05, 4.69) is 4.74 Å². The molecule has 38 heavy (non-hydrogen) atoms. The minimum atomic E-state index is -2.13. The van der Waals surface area contributed by atoms with Crippen LogP contribution in [0.1, 0.15) is 38.1 Å². The molecule has 210 valence electrons. The highest BCUT2D eigenvalue weighted by atomic mass is 19.2. The van der Waals surface area contributed by atoms with E-state index in [4.69, 9.17) is 23.7 Å². The van der Waals surface area contributed by atoms with Crippen LogP contribution in [0.4, 0.5) is 17.6 Å². The van der Waals surface area contributed by atoms with Crippen LogP contribution < -0.4 is 10.1 Å². The molecule has 1 heterocycles. The van der Waals surface area contributed by atoms with E-state index in [1.54, 1.807) is 0 Å². The number of ether oxygens (including phenoxy) is 6. The Morgan fingerprint density at radius 2 is 1.26 bits per heavy atom. The summed E-state index contributed by atoms with van der Waals surface area (Å²) in [5, 5.41) is 1.98. The third kappa shape index (κ3) is 6.87. The van der Waals surface area contributed by atoms with Crippen molar-refractivity contribution in [3.8, 4) is 5.75 Å². The minimum absolute atomic E-state index is 0.668. The molecule has 1 N–H and O–H groups in total. The van der Waals surface area contributed by atoms with Crippen LogP contribution in [0.3, 0.4) is 0 Å². The zero-order valence-electron chi connectivity index (χ0n) is 20.6. The number of carbonyl (C=O) groups is 5. The van der Waals surface area contributed by atoms with Gasteiger partial charge in [-0.3, -0.25) is 24.0 Å². The number of carbonyl (C=O) groups excluding carboxylic acids is 5. The maximum Gasteiger partial charge on any atom is 0.305 e. The molecule has 2 rings (SSSR count). The van der Waals surface area contributed by atoms with Crippen LogP contribution in [0.5, 0.6) is 5.75 Å². The fourth-order valence-electron chi connectivity index (χ4n) is 3.55. The van der Waals surface area contributed by atoms with E-state index in [1.807, 2.05) is 5.32 Å². The van der Waals surface area contributed by atoms with E-state index >= 15 is 0 Å². The lowest BCUT2D eigenvalue weighted by Crippen LogP contribution is -2.67. The van der Waals surface area contributed by atoms with Crippen molar-refractivity contribution < 1.29 is 70.0 Å². The minimum Gasteiger partial charge on any atom is -0.491 e. The van der Waals surface area contributed by atoms with Gasteiger partial charge in [0.05, 0.1) is 7.11 Å². The van der Waals surface area contributed by atoms with Gasteiger partial charge in [-0.05, 0) is 0 Å². The smallest absolute Gasteiger partial charge is 0.305 e. The summed E-state index contributed by atoms with van der Waals surface area (Å²) in [6.45, 7) is 3.12. The first-order valence-corrected chi connectivity index (χ1v) is 10.7. The molecule has 0 radical (unpaired) electrons. The second-order valence-electron chi connectivity index (χ2n) is 7.77. The van der Waals surface area contributed by atoms with Gasteiger partial charge < -0.3 is 33.7 Å². The highest BCUT2D eigenvalue weighted by molar-refractivity contribution is 5.95. The first-order chi connectivity index (χ1) is 17.7. The molecule has 1 aliphatic rings. The number of nitrogens with one attached hydrogen (secondary N) is 1. The fraction of sp³-hybridized carbons (Fsp3) is 0.500. The molecule has 0 aromatic heterocycles. The second kappa shape index (κ2) is 12.5. The molecule has 16 heteroatoms. The van der Waals surface area contributed by atoms with Crippen LogP contribution in [-0.4, -0.2) is 74.1 Å². The molecule has 0 saturated carbocycles. The normalized spacial score (nSPS) is 22.6. The van der Waals surface area contributed by atoms with E-state index in [0.717, 1.165) is 34.8 Å². The predicted molar refractivity (Wildman–Crippen MR) is 112 cm³/mol. The molecular weight excluding hydrogens is 530 g/mol. The highest BCUT2D eigenvalue weighted by Crippen LogP contribution is 2.32. The van der Waals surface area contributed by atoms with Crippen LogP contribution in [-0.2, 0) is 42.9 Å². The Morgan fingerprint density at radius 3 is 1.71 bits per heavy atom. The molecule has 1 aliphatic heterocycles. The summed E-state index contributed by atoms with van der Waals surface area (Å²) in [5.74, 6) is -15.4. The molecule has 3 unspecified atom stereocenters. The SMILES string of the molecule is COc1c(F)c(F)c(C(=O)NC2C(OC(C)=O)[C@H](OC(C)=O)OC(COC(C)=O)[C@@H]2OC(C)=O)c(F)c1F. The van der Waals surface area contributed by atoms with Gasteiger partial charge in [0.25, 0.3) is 5.91 Å². The zero-order valence-corrected chi connectivity index (χ0v) is 20.6. The fourth-order valence-corrected chi connectivity index (χ4v) is 3.55. The van der Waals surface area contributed by atoms with Gasteiger partial charge in [-0.25, -0.2) is 8.78 Å². The van der Waals surface area contributed by atoms with Crippen molar-refractivity contribution in [3.05, 3.63) is 28.8 Å². The highest BCUT2D eigenvalue weighted by Gasteiger charge is 2.52. The summed E-state index contributed by atoms with van der Waals surface area (Å²) in [6, 6.07) is -1.83. The Hall–Kier alpha value is -3.95. The Morgan fingerprint density at radius 1 is 0.763 bits per heavy atom. The number of hydrogen-bond acceptors (Lipinski definition) is 11. The van der Waals surface area contributed by atoms with Crippen LogP contribution in [0.25, 0.3) is 0 Å². The van der Waals surface area contributed by atoms with Gasteiger partial charge in [0.2, 0.25) is 17.9 Å². The average Bonchev–Trinajstić information content (AvgIpc) is 2.80. The van der Waals surface area contributed by atoms with Crippen molar-refractivity contribution >= 4 is 29.8 Å². The van der Waals surface area contributed by atoms with Gasteiger partial charge in [-0.15, -0.1) is 0 Å². The maximum atomic E-state index is 14.6. The molecule has 0 aliphatic carbocycles. The molecular formula is C22H23F4NO11. The topological polar surface area (TPSA) is 153 Å². The summed E-state index contributed by atoms with van der Waals surface area (Å²) in [5.41, 5.74) is -1.74. The lowest BCUT2D eigenvalue weighted by atomic mass is 9.94. The predicted octanol–water partition coefficient (Wildman–Crippen LogP) is 1.06. The van der Waals surface area contributed by atoms with Crippen molar-refractivity contribution in [3.63, 3.8) is 0 Å². The summed E-state index contributed by atoms with van der Waals surface area (Å²) in [7, 11) is 0.730. The molecule has 12 nitrogen and oxygen atoms in total. The van der Waals surface area contributed by atoms with Gasteiger partial charge in [-0.2, -0.15) is 8.78 Å². The third-order valence-corrected chi connectivity index (χ3v) is 4.94. The van der Waals surface area contributed by atoms with Gasteiger partial charge in [-0.1, -0.05) is 0 Å². The first kappa shape index (κ1) is 30.3. The first-order valence-electron chi connectivity index (χ1n) is 10.7. The number of benzene rings is 1. The van der Waals surface area contributed by atoms with Crippen molar-refractivity contribution in [2.45, 2.75) is 58.3 Å².